The van der Waals surface area contributed by atoms with Crippen LogP contribution in [0.25, 0.3) is 33.5 Å². The van der Waals surface area contributed by atoms with E-state index in [4.69, 9.17) is 0 Å². The number of H-pyrrole nitrogens is 1. The van der Waals surface area contributed by atoms with Crippen molar-refractivity contribution < 1.29 is 0 Å². The summed E-state index contributed by atoms with van der Waals surface area (Å²) in [6.45, 7) is 4.52. The largest absolute Gasteiger partial charge is 0.321 e. The van der Waals surface area contributed by atoms with E-state index in [1.54, 1.807) is 0 Å². The van der Waals surface area contributed by atoms with Crippen LogP contribution in [0.2, 0.25) is 0 Å². The van der Waals surface area contributed by atoms with E-state index in [0.29, 0.717) is 23.4 Å². The number of nitrogens with zero attached hydrogens (tertiary/aromatic N) is 9. The molecule has 2 aromatic carbocycles. The Morgan fingerprint density at radius 2 is 1.62 bits per heavy atom. The van der Waals surface area contributed by atoms with Crippen molar-refractivity contribution >= 4 is 11.0 Å². The van der Waals surface area contributed by atoms with Gasteiger partial charge in [0, 0.05) is 18.0 Å². The Kier molecular flexibility index (Phi) is 5.24. The predicted molar refractivity (Wildman–Crippen MR) is 123 cm³/mol. The van der Waals surface area contributed by atoms with E-state index in [0.717, 1.165) is 28.1 Å². The second kappa shape index (κ2) is 8.52. The molecule has 3 heterocycles. The summed E-state index contributed by atoms with van der Waals surface area (Å²) in [5.74, 6) is 1.45. The monoisotopic (exact) mass is 446 g/mol. The second-order valence-electron chi connectivity index (χ2n) is 8.02. The lowest BCUT2D eigenvalue weighted by molar-refractivity contribution is 0.682. The topological polar surface area (TPSA) is 146 Å². The summed E-state index contributed by atoms with van der Waals surface area (Å²) in [4.78, 5) is 4.66. The van der Waals surface area contributed by atoms with Crippen molar-refractivity contribution in [2.45, 2.75) is 26.3 Å². The predicted octanol–water partition coefficient (Wildman–Crippen LogP) is 3.59. The number of fused-ring (bicyclic) bond motifs is 1. The zero-order valence-electron chi connectivity index (χ0n) is 18.4. The maximum Gasteiger partial charge on any atom is 0.190 e. The van der Waals surface area contributed by atoms with Gasteiger partial charge in [0.05, 0.1) is 0 Å². The number of aromatic nitrogens is 8. The average Bonchev–Trinajstić information content (AvgIpc) is 3.53. The molecule has 0 aliphatic heterocycles. The first-order valence-corrected chi connectivity index (χ1v) is 10.6. The van der Waals surface area contributed by atoms with Gasteiger partial charge in [0.2, 0.25) is 0 Å². The lowest BCUT2D eigenvalue weighted by Crippen LogP contribution is -2.08. The minimum Gasteiger partial charge on any atom is -0.321 e. The summed E-state index contributed by atoms with van der Waals surface area (Å²) < 4.78 is 1.96. The molecule has 10 heteroatoms. The van der Waals surface area contributed by atoms with Crippen LogP contribution >= 0.6 is 0 Å². The first kappa shape index (κ1) is 20.9. The highest BCUT2D eigenvalue weighted by Gasteiger charge is 2.21. The van der Waals surface area contributed by atoms with Gasteiger partial charge in [-0.3, -0.25) is 0 Å². The molecule has 10 nitrogen and oxygen atoms in total. The van der Waals surface area contributed by atoms with Crippen molar-refractivity contribution in [2.75, 3.05) is 0 Å². The molecule has 0 spiro atoms. The molecule has 5 rings (SSSR count). The quantitative estimate of drug-likeness (QED) is 0.431. The maximum atomic E-state index is 9.61. The van der Waals surface area contributed by atoms with Gasteiger partial charge in [0.1, 0.15) is 29.0 Å². The van der Waals surface area contributed by atoms with Gasteiger partial charge in [0.15, 0.2) is 17.2 Å². The summed E-state index contributed by atoms with van der Waals surface area (Å²) in [6.07, 6.45) is 0. The van der Waals surface area contributed by atoms with E-state index in [1.807, 2.05) is 73.0 Å². The van der Waals surface area contributed by atoms with Crippen LogP contribution in [0.5, 0.6) is 0 Å². The highest BCUT2D eigenvalue weighted by Crippen LogP contribution is 2.31. The van der Waals surface area contributed by atoms with Gasteiger partial charge in [-0.25, -0.2) is 10.1 Å². The number of nitriles is 2. The number of benzene rings is 2. The third-order valence-corrected chi connectivity index (χ3v) is 5.56. The Balaban J connectivity index is 1.56. The minimum atomic E-state index is 0.0761. The van der Waals surface area contributed by atoms with Gasteiger partial charge < -0.3 is 4.57 Å². The fourth-order valence-electron chi connectivity index (χ4n) is 4.01. The van der Waals surface area contributed by atoms with Crippen LogP contribution in [0.4, 0.5) is 0 Å². The Labute approximate surface area is 194 Å². The molecular weight excluding hydrogens is 428 g/mol. The lowest BCUT2D eigenvalue weighted by Gasteiger charge is -2.13. The fraction of sp³-hybridized carbons (Fsp3) is 0.167. The summed E-state index contributed by atoms with van der Waals surface area (Å²) in [5, 5.41) is 41.1. The van der Waals surface area contributed by atoms with E-state index in [2.05, 4.69) is 41.9 Å². The molecule has 0 bridgehead atoms. The first-order valence-electron chi connectivity index (χ1n) is 10.6. The molecule has 0 aliphatic carbocycles. The van der Waals surface area contributed by atoms with Crippen molar-refractivity contribution in [3.63, 3.8) is 0 Å². The molecule has 0 saturated carbocycles. The van der Waals surface area contributed by atoms with Crippen molar-refractivity contribution in [3.05, 3.63) is 71.3 Å². The highest BCUT2D eigenvalue weighted by molar-refractivity contribution is 5.84. The van der Waals surface area contributed by atoms with Gasteiger partial charge >= 0.3 is 0 Å². The van der Waals surface area contributed by atoms with E-state index < -0.39 is 0 Å². The van der Waals surface area contributed by atoms with E-state index in [9.17, 15) is 10.5 Å². The van der Waals surface area contributed by atoms with Crippen molar-refractivity contribution in [1.29, 1.82) is 10.5 Å². The van der Waals surface area contributed by atoms with Crippen LogP contribution in [-0.4, -0.2) is 40.4 Å². The SMILES string of the molecule is CC(C)c1nc2c(C#N)nnc(C#N)c2n1Cc1ccc(-c2ccccc2-c2nnn[nH]2)cc1. The van der Waals surface area contributed by atoms with Gasteiger partial charge in [-0.2, -0.15) is 10.5 Å². The number of hydrogen-bond acceptors (Lipinski definition) is 8. The molecule has 0 unspecified atom stereocenters. The van der Waals surface area contributed by atoms with Crippen LogP contribution in [0.1, 0.15) is 42.5 Å². The Morgan fingerprint density at radius 1 is 0.912 bits per heavy atom. The fourth-order valence-corrected chi connectivity index (χ4v) is 4.01. The van der Waals surface area contributed by atoms with Crippen molar-refractivity contribution in [1.82, 2.24) is 40.4 Å². The normalized spacial score (nSPS) is 11.0. The smallest absolute Gasteiger partial charge is 0.190 e. The Hall–Kier alpha value is -4.96. The van der Waals surface area contributed by atoms with Crippen molar-refractivity contribution in [3.8, 4) is 34.7 Å². The molecular formula is C24H18N10. The summed E-state index contributed by atoms with van der Waals surface area (Å²) >= 11 is 0. The Bertz CT molecular complexity index is 1570. The second-order valence-corrected chi connectivity index (χ2v) is 8.02. The lowest BCUT2D eigenvalue weighted by atomic mass is 9.98. The number of nitrogens with one attached hydrogen (secondary N) is 1. The van der Waals surface area contributed by atoms with E-state index in [1.165, 1.54) is 0 Å². The molecule has 0 saturated heterocycles. The van der Waals surface area contributed by atoms with Gasteiger partial charge in [0.25, 0.3) is 0 Å². The highest BCUT2D eigenvalue weighted by atomic mass is 15.5. The average molecular weight is 446 g/mol. The van der Waals surface area contributed by atoms with Crippen LogP contribution in [0.15, 0.2) is 48.5 Å². The van der Waals surface area contributed by atoms with Crippen LogP contribution in [0, 0.1) is 22.7 Å². The number of tetrazole rings is 1. The van der Waals surface area contributed by atoms with E-state index >= 15 is 0 Å². The molecule has 0 aliphatic rings. The first-order chi connectivity index (χ1) is 16.6. The Morgan fingerprint density at radius 3 is 2.26 bits per heavy atom. The molecule has 3 aromatic heterocycles. The molecule has 34 heavy (non-hydrogen) atoms. The van der Waals surface area contributed by atoms with Crippen molar-refractivity contribution in [2.24, 2.45) is 0 Å². The van der Waals surface area contributed by atoms with E-state index in [-0.39, 0.29) is 17.3 Å². The molecule has 0 atom stereocenters. The molecule has 5 aromatic rings. The number of hydrogen-bond donors (Lipinski definition) is 1. The third kappa shape index (κ3) is 3.53. The van der Waals surface area contributed by atoms with Crippen LogP contribution in [-0.2, 0) is 6.54 Å². The molecule has 0 radical (unpaired) electrons. The molecule has 164 valence electrons. The molecule has 1 N–H and O–H groups in total. The van der Waals surface area contributed by atoms with Crippen LogP contribution in [0.3, 0.4) is 0 Å². The standard InChI is InChI=1S/C24H18N10/c1-14(2)24-27-21-19(11-25)28-29-20(12-26)22(21)34(24)13-15-7-9-16(10-8-15)17-5-3-4-6-18(17)23-30-32-33-31-23/h3-10,14H,13H2,1-2H3,(H,30,31,32,33). The molecule has 0 fully saturated rings. The third-order valence-electron chi connectivity index (χ3n) is 5.56. The summed E-state index contributed by atoms with van der Waals surface area (Å²) in [7, 11) is 0. The number of rotatable bonds is 5. The zero-order valence-corrected chi connectivity index (χ0v) is 18.4. The summed E-state index contributed by atoms with van der Waals surface area (Å²) in [6, 6.07) is 20.2. The number of aromatic amines is 1. The number of imidazole rings is 1. The maximum absolute atomic E-state index is 9.61. The summed E-state index contributed by atoms with van der Waals surface area (Å²) in [5.41, 5.74) is 5.15. The van der Waals surface area contributed by atoms with Gasteiger partial charge in [-0.1, -0.05) is 62.4 Å². The zero-order chi connectivity index (χ0) is 23.7. The van der Waals surface area contributed by atoms with Gasteiger partial charge in [-0.15, -0.1) is 15.3 Å². The van der Waals surface area contributed by atoms with Crippen LogP contribution < -0.4 is 0 Å². The molecule has 0 amide bonds. The minimum absolute atomic E-state index is 0.0761. The van der Waals surface area contributed by atoms with Gasteiger partial charge in [-0.05, 0) is 27.1 Å².